The van der Waals surface area contributed by atoms with Gasteiger partial charge in [-0.15, -0.1) is 0 Å². The van der Waals surface area contributed by atoms with Crippen molar-refractivity contribution in [1.29, 1.82) is 0 Å². The predicted molar refractivity (Wildman–Crippen MR) is 118 cm³/mol. The maximum Gasteiger partial charge on any atom is 0.338 e. The normalized spacial score (nSPS) is 15.2. The molecule has 1 atom stereocenters. The van der Waals surface area contributed by atoms with Crippen molar-refractivity contribution in [3.8, 4) is 0 Å². The number of ether oxygens (including phenoxy) is 1. The van der Waals surface area contributed by atoms with Crippen LogP contribution in [0.4, 0.5) is 5.69 Å². The number of aliphatic hydroxyl groups is 1. The molecule has 0 saturated carbocycles. The lowest BCUT2D eigenvalue weighted by Crippen LogP contribution is -2.40. The van der Waals surface area contributed by atoms with E-state index in [2.05, 4.69) is 31.3 Å². The molecule has 0 saturated heterocycles. The highest BCUT2D eigenvalue weighted by molar-refractivity contribution is 5.93. The van der Waals surface area contributed by atoms with E-state index in [1.165, 1.54) is 5.56 Å². The number of carbonyl (C=O) groups excluding carboxylic acids is 1. The summed E-state index contributed by atoms with van der Waals surface area (Å²) >= 11 is 0. The molecule has 3 aromatic rings. The number of hydrogen-bond acceptors (Lipinski definition) is 4. The van der Waals surface area contributed by atoms with Crippen molar-refractivity contribution in [3.05, 3.63) is 101 Å². The quantitative estimate of drug-likeness (QED) is 0.546. The van der Waals surface area contributed by atoms with Crippen molar-refractivity contribution >= 4 is 11.7 Å². The maximum absolute atomic E-state index is 11.8. The number of cyclic esters (lactones) is 1. The van der Waals surface area contributed by atoms with Gasteiger partial charge in [-0.25, -0.2) is 4.79 Å². The molecule has 1 unspecified atom stereocenters. The third-order valence-corrected chi connectivity index (χ3v) is 5.87. The molecule has 1 heterocycles. The molecule has 0 amide bonds. The zero-order valence-electron chi connectivity index (χ0n) is 17.4. The molecule has 4 rings (SSSR count). The lowest BCUT2D eigenvalue weighted by molar-refractivity contribution is 0.0214. The highest BCUT2D eigenvalue weighted by atomic mass is 16.5. The van der Waals surface area contributed by atoms with E-state index in [-0.39, 0.29) is 11.4 Å². The lowest BCUT2D eigenvalue weighted by atomic mass is 9.73. The van der Waals surface area contributed by atoms with E-state index in [9.17, 15) is 9.90 Å². The summed E-state index contributed by atoms with van der Waals surface area (Å²) in [5.41, 5.74) is 3.10. The van der Waals surface area contributed by atoms with E-state index < -0.39 is 5.60 Å². The zero-order valence-corrected chi connectivity index (χ0v) is 17.4. The van der Waals surface area contributed by atoms with Gasteiger partial charge in [-0.05, 0) is 41.2 Å². The molecule has 1 aliphatic heterocycles. The third kappa shape index (κ3) is 4.10. The summed E-state index contributed by atoms with van der Waals surface area (Å²) < 4.78 is 5.09. The average molecular weight is 402 g/mol. The van der Waals surface area contributed by atoms with Gasteiger partial charge in [-0.1, -0.05) is 74.5 Å². The van der Waals surface area contributed by atoms with Crippen molar-refractivity contribution < 1.29 is 14.6 Å². The van der Waals surface area contributed by atoms with Crippen molar-refractivity contribution in [1.82, 2.24) is 0 Å². The third-order valence-electron chi connectivity index (χ3n) is 5.87. The molecule has 0 aromatic heterocycles. The first kappa shape index (κ1) is 20.2. The lowest BCUT2D eigenvalue weighted by Gasteiger charge is -2.37. The van der Waals surface area contributed by atoms with Crippen molar-refractivity contribution in [2.75, 3.05) is 11.9 Å². The van der Waals surface area contributed by atoms with Gasteiger partial charge < -0.3 is 15.2 Å². The van der Waals surface area contributed by atoms with E-state index in [1.807, 2.05) is 60.7 Å². The fourth-order valence-electron chi connectivity index (χ4n) is 4.23. The molecule has 0 radical (unpaired) electrons. The number of benzene rings is 3. The van der Waals surface area contributed by atoms with Gasteiger partial charge >= 0.3 is 5.97 Å². The minimum Gasteiger partial charge on any atom is -0.457 e. The van der Waals surface area contributed by atoms with Crippen molar-refractivity contribution in [2.45, 2.75) is 37.9 Å². The molecule has 0 fully saturated rings. The predicted octanol–water partition coefficient (Wildman–Crippen LogP) is 5.02. The minimum atomic E-state index is -1.08. The van der Waals surface area contributed by atoms with E-state index in [1.54, 1.807) is 6.07 Å². The van der Waals surface area contributed by atoms with Crippen molar-refractivity contribution in [3.63, 3.8) is 0 Å². The fourth-order valence-corrected chi connectivity index (χ4v) is 4.23. The van der Waals surface area contributed by atoms with Gasteiger partial charge in [-0.2, -0.15) is 0 Å². The van der Waals surface area contributed by atoms with E-state index >= 15 is 0 Å². The first-order valence-electron chi connectivity index (χ1n) is 10.2. The number of carbonyl (C=O) groups is 1. The maximum atomic E-state index is 11.8. The molecule has 0 spiro atoms. The average Bonchev–Trinajstić information content (AvgIpc) is 3.13. The van der Waals surface area contributed by atoms with Crippen LogP contribution < -0.4 is 5.32 Å². The second-order valence-corrected chi connectivity index (χ2v) is 8.63. The second kappa shape index (κ2) is 7.96. The Labute approximate surface area is 177 Å². The highest BCUT2D eigenvalue weighted by Crippen LogP contribution is 2.38. The Balaban J connectivity index is 1.60. The van der Waals surface area contributed by atoms with Gasteiger partial charge in [0.1, 0.15) is 12.2 Å². The van der Waals surface area contributed by atoms with Crippen LogP contribution in [0.1, 0.15) is 47.3 Å². The molecule has 1 aliphatic rings. The molecule has 0 aliphatic carbocycles. The van der Waals surface area contributed by atoms with Crippen LogP contribution in [0.3, 0.4) is 0 Å². The van der Waals surface area contributed by atoms with Crippen LogP contribution in [-0.2, 0) is 22.4 Å². The molecule has 4 heteroatoms. The van der Waals surface area contributed by atoms with Gasteiger partial charge in [0, 0.05) is 17.8 Å². The van der Waals surface area contributed by atoms with Crippen LogP contribution in [0.5, 0.6) is 0 Å². The molecule has 0 bridgehead atoms. The summed E-state index contributed by atoms with van der Waals surface area (Å²) in [5.74, 6) is -0.276. The van der Waals surface area contributed by atoms with Gasteiger partial charge in [0.25, 0.3) is 0 Å². The zero-order chi connectivity index (χ0) is 21.2. The summed E-state index contributed by atoms with van der Waals surface area (Å²) in [6.45, 7) is 4.97. The first-order valence-corrected chi connectivity index (χ1v) is 10.2. The topological polar surface area (TPSA) is 58.6 Å². The summed E-state index contributed by atoms with van der Waals surface area (Å²) in [7, 11) is 0. The Morgan fingerprint density at radius 3 is 2.23 bits per heavy atom. The Kier molecular flexibility index (Phi) is 5.35. The van der Waals surface area contributed by atoms with Gasteiger partial charge in [0.05, 0.1) is 5.56 Å². The number of esters is 1. The second-order valence-electron chi connectivity index (χ2n) is 8.63. The Morgan fingerprint density at radius 2 is 1.57 bits per heavy atom. The largest absolute Gasteiger partial charge is 0.457 e. The number of rotatable bonds is 7. The first-order chi connectivity index (χ1) is 14.4. The van der Waals surface area contributed by atoms with E-state index in [0.29, 0.717) is 25.1 Å². The summed E-state index contributed by atoms with van der Waals surface area (Å²) in [6.07, 6.45) is 0.549. The van der Waals surface area contributed by atoms with E-state index in [0.717, 1.165) is 16.8 Å². The summed E-state index contributed by atoms with van der Waals surface area (Å²) in [4.78, 5) is 11.7. The monoisotopic (exact) mass is 401 g/mol. The molecule has 154 valence electrons. The molecule has 3 aromatic carbocycles. The Morgan fingerprint density at radius 1 is 0.933 bits per heavy atom. The molecule has 4 nitrogen and oxygen atoms in total. The number of fused-ring (bicyclic) bond motifs is 1. The molecular weight excluding hydrogens is 374 g/mol. The fraction of sp³-hybridized carbons (Fsp3) is 0.269. The number of nitrogens with one attached hydrogen (secondary N) is 1. The van der Waals surface area contributed by atoms with Gasteiger partial charge in [0.15, 0.2) is 0 Å². The van der Waals surface area contributed by atoms with Crippen LogP contribution in [-0.4, -0.2) is 17.6 Å². The van der Waals surface area contributed by atoms with Gasteiger partial charge in [-0.3, -0.25) is 0 Å². The summed E-state index contributed by atoms with van der Waals surface area (Å²) in [5, 5.41) is 15.2. The SMILES string of the molecule is CC(C)(CC(O)(CNc1ccc2c(c1)COC2=O)c1ccccc1)c1ccccc1. The van der Waals surface area contributed by atoms with E-state index in [4.69, 9.17) is 4.74 Å². The van der Waals surface area contributed by atoms with Crippen molar-refractivity contribution in [2.24, 2.45) is 0 Å². The number of hydrogen-bond donors (Lipinski definition) is 2. The Bertz CT molecular complexity index is 1030. The smallest absolute Gasteiger partial charge is 0.338 e. The van der Waals surface area contributed by atoms with Crippen LogP contribution in [0.2, 0.25) is 0 Å². The highest BCUT2D eigenvalue weighted by Gasteiger charge is 2.37. The number of anilines is 1. The minimum absolute atomic E-state index is 0.230. The van der Waals surface area contributed by atoms with Crippen LogP contribution in [0.15, 0.2) is 78.9 Å². The van der Waals surface area contributed by atoms with Crippen LogP contribution >= 0.6 is 0 Å². The standard InChI is InChI=1S/C26H27NO3/c1-25(2,20-9-5-3-6-10-20)17-26(29,21-11-7-4-8-12-21)18-27-22-13-14-23-19(15-22)16-30-24(23)28/h3-15,27,29H,16-18H2,1-2H3. The van der Waals surface area contributed by atoms with Crippen LogP contribution in [0.25, 0.3) is 0 Å². The summed E-state index contributed by atoms with van der Waals surface area (Å²) in [6, 6.07) is 25.7. The molecular formula is C26H27NO3. The van der Waals surface area contributed by atoms with Crippen LogP contribution in [0, 0.1) is 0 Å². The van der Waals surface area contributed by atoms with Gasteiger partial charge in [0.2, 0.25) is 0 Å². The Hall–Kier alpha value is -3.11. The molecule has 2 N–H and O–H groups in total. The molecule has 30 heavy (non-hydrogen) atoms.